The quantitative estimate of drug-likeness (QED) is 0.850. The summed E-state index contributed by atoms with van der Waals surface area (Å²) >= 11 is 1.04. The maximum absolute atomic E-state index is 11.4. The Morgan fingerprint density at radius 2 is 2.05 bits per heavy atom. The lowest BCUT2D eigenvalue weighted by Crippen LogP contribution is -2.25. The fourth-order valence-electron chi connectivity index (χ4n) is 1.69. The van der Waals surface area contributed by atoms with Crippen LogP contribution in [-0.2, 0) is 11.2 Å². The number of amides is 2. The summed E-state index contributed by atoms with van der Waals surface area (Å²) < 4.78 is 5.47. The van der Waals surface area contributed by atoms with E-state index in [2.05, 4.69) is 5.32 Å². The number of rotatable bonds is 5. The summed E-state index contributed by atoms with van der Waals surface area (Å²) in [7, 11) is 0. The Morgan fingerprint density at radius 1 is 1.37 bits per heavy atom. The van der Waals surface area contributed by atoms with Gasteiger partial charge in [0.25, 0.3) is 5.24 Å². The van der Waals surface area contributed by atoms with E-state index in [1.807, 2.05) is 31.2 Å². The van der Waals surface area contributed by atoms with E-state index >= 15 is 0 Å². The number of nitrogens with two attached hydrogens (primary N) is 1. The summed E-state index contributed by atoms with van der Waals surface area (Å²) in [5.41, 5.74) is 6.60. The molecule has 0 saturated carbocycles. The number of nitrogens with one attached hydrogen (secondary N) is 1. The van der Waals surface area contributed by atoms with Crippen LogP contribution < -0.4 is 15.8 Å². The molecule has 0 aromatic heterocycles. The Labute approximate surface area is 115 Å². The van der Waals surface area contributed by atoms with Crippen molar-refractivity contribution < 1.29 is 14.3 Å². The lowest BCUT2D eigenvalue weighted by atomic mass is 10.1. The highest BCUT2D eigenvalue weighted by molar-refractivity contribution is 8.15. The van der Waals surface area contributed by atoms with Gasteiger partial charge in [-0.2, -0.15) is 0 Å². The maximum atomic E-state index is 11.4. The van der Waals surface area contributed by atoms with Gasteiger partial charge in [-0.05, 0) is 31.0 Å². The summed E-state index contributed by atoms with van der Waals surface area (Å²) in [6.07, 6.45) is 0.538. The Balaban J connectivity index is 1.91. The largest absolute Gasteiger partial charge is 0.492 e. The van der Waals surface area contributed by atoms with Gasteiger partial charge in [0.15, 0.2) is 0 Å². The SMILES string of the molecule is CC(N)COc1ccc(CC2SC(=O)NC2=O)cc1. The summed E-state index contributed by atoms with van der Waals surface area (Å²) in [4.78, 5) is 22.5. The Kier molecular flexibility index (Phi) is 4.44. The van der Waals surface area contributed by atoms with E-state index in [9.17, 15) is 9.59 Å². The van der Waals surface area contributed by atoms with Crippen LogP contribution in [0, 0.1) is 0 Å². The van der Waals surface area contributed by atoms with Crippen molar-refractivity contribution in [3.63, 3.8) is 0 Å². The molecule has 2 rings (SSSR count). The third kappa shape index (κ3) is 3.97. The average Bonchev–Trinajstić information content (AvgIpc) is 2.67. The second kappa shape index (κ2) is 6.08. The van der Waals surface area contributed by atoms with Crippen molar-refractivity contribution in [2.75, 3.05) is 6.61 Å². The average molecular weight is 280 g/mol. The topological polar surface area (TPSA) is 81.4 Å². The fourth-order valence-corrected chi connectivity index (χ4v) is 2.55. The lowest BCUT2D eigenvalue weighted by molar-refractivity contribution is -0.118. The molecule has 2 unspecified atom stereocenters. The van der Waals surface area contributed by atoms with Crippen LogP contribution in [0.15, 0.2) is 24.3 Å². The molecule has 102 valence electrons. The van der Waals surface area contributed by atoms with E-state index in [-0.39, 0.29) is 22.4 Å². The van der Waals surface area contributed by atoms with E-state index in [1.165, 1.54) is 0 Å². The summed E-state index contributed by atoms with van der Waals surface area (Å²) in [5.74, 6) is 0.535. The highest BCUT2D eigenvalue weighted by atomic mass is 32.2. The molecule has 1 aliphatic rings. The molecule has 6 heteroatoms. The monoisotopic (exact) mass is 280 g/mol. The van der Waals surface area contributed by atoms with Crippen LogP contribution in [0.5, 0.6) is 5.75 Å². The second-order valence-corrected chi connectivity index (χ2v) is 5.70. The van der Waals surface area contributed by atoms with Gasteiger partial charge < -0.3 is 10.5 Å². The van der Waals surface area contributed by atoms with Crippen LogP contribution in [0.4, 0.5) is 4.79 Å². The van der Waals surface area contributed by atoms with Crippen LogP contribution in [-0.4, -0.2) is 29.0 Å². The number of carbonyl (C=O) groups excluding carboxylic acids is 2. The van der Waals surface area contributed by atoms with Crippen molar-refractivity contribution in [2.24, 2.45) is 5.73 Å². The molecule has 1 aromatic rings. The van der Waals surface area contributed by atoms with Crippen LogP contribution in [0.2, 0.25) is 0 Å². The van der Waals surface area contributed by atoms with Crippen molar-refractivity contribution in [3.8, 4) is 5.75 Å². The molecule has 0 radical (unpaired) electrons. The van der Waals surface area contributed by atoms with Gasteiger partial charge in [0.05, 0.1) is 5.25 Å². The molecule has 2 atom stereocenters. The van der Waals surface area contributed by atoms with Gasteiger partial charge in [0, 0.05) is 6.04 Å². The number of hydrogen-bond acceptors (Lipinski definition) is 5. The third-order valence-corrected chi connectivity index (χ3v) is 3.61. The minimum absolute atomic E-state index is 0.00993. The fraction of sp³-hybridized carbons (Fsp3) is 0.385. The van der Waals surface area contributed by atoms with Gasteiger partial charge in [-0.25, -0.2) is 0 Å². The molecule has 3 N–H and O–H groups in total. The first kappa shape index (κ1) is 13.9. The first-order valence-corrected chi connectivity index (χ1v) is 6.91. The summed E-state index contributed by atoms with van der Waals surface area (Å²) in [6.45, 7) is 2.34. The van der Waals surface area contributed by atoms with E-state index in [0.717, 1.165) is 23.1 Å². The highest BCUT2D eigenvalue weighted by Crippen LogP contribution is 2.23. The normalized spacial score (nSPS) is 20.2. The minimum Gasteiger partial charge on any atom is -0.492 e. The van der Waals surface area contributed by atoms with Gasteiger partial charge in [-0.1, -0.05) is 23.9 Å². The molecule has 1 heterocycles. The smallest absolute Gasteiger partial charge is 0.286 e. The van der Waals surface area contributed by atoms with E-state index in [1.54, 1.807) is 0 Å². The Hall–Kier alpha value is -1.53. The van der Waals surface area contributed by atoms with E-state index in [0.29, 0.717) is 13.0 Å². The third-order valence-electron chi connectivity index (χ3n) is 2.62. The van der Waals surface area contributed by atoms with Gasteiger partial charge in [-0.3, -0.25) is 14.9 Å². The zero-order chi connectivity index (χ0) is 13.8. The molecular weight excluding hydrogens is 264 g/mol. The van der Waals surface area contributed by atoms with Gasteiger partial charge in [0.2, 0.25) is 5.91 Å². The first-order valence-electron chi connectivity index (χ1n) is 6.03. The predicted molar refractivity (Wildman–Crippen MR) is 74.2 cm³/mol. The number of benzene rings is 1. The molecule has 0 spiro atoms. The summed E-state index contributed by atoms with van der Waals surface area (Å²) in [6, 6.07) is 7.47. The molecule has 1 fully saturated rings. The zero-order valence-corrected chi connectivity index (χ0v) is 11.4. The lowest BCUT2D eigenvalue weighted by Gasteiger charge is -2.10. The molecule has 2 amide bonds. The van der Waals surface area contributed by atoms with Crippen molar-refractivity contribution in [3.05, 3.63) is 29.8 Å². The maximum Gasteiger partial charge on any atom is 0.286 e. The molecule has 0 bridgehead atoms. The number of imide groups is 1. The van der Waals surface area contributed by atoms with Crippen LogP contribution in [0.1, 0.15) is 12.5 Å². The van der Waals surface area contributed by atoms with Crippen LogP contribution in [0.3, 0.4) is 0 Å². The Morgan fingerprint density at radius 3 is 2.58 bits per heavy atom. The van der Waals surface area contributed by atoms with Crippen molar-refractivity contribution >= 4 is 22.9 Å². The molecule has 5 nitrogen and oxygen atoms in total. The number of carbonyl (C=O) groups is 2. The van der Waals surface area contributed by atoms with Crippen molar-refractivity contribution in [2.45, 2.75) is 24.6 Å². The second-order valence-electron chi connectivity index (χ2n) is 4.52. The first-order chi connectivity index (χ1) is 9.04. The standard InChI is InChI=1S/C13H16N2O3S/c1-8(14)7-18-10-4-2-9(3-5-10)6-11-12(16)15-13(17)19-11/h2-5,8,11H,6-7,14H2,1H3,(H,15,16,17). The molecule has 0 aliphatic carbocycles. The predicted octanol–water partition coefficient (Wildman–Crippen LogP) is 1.31. The minimum atomic E-state index is -0.330. The molecule has 1 saturated heterocycles. The molecule has 1 aromatic carbocycles. The number of ether oxygens (including phenoxy) is 1. The van der Waals surface area contributed by atoms with Crippen molar-refractivity contribution in [1.82, 2.24) is 5.32 Å². The highest BCUT2D eigenvalue weighted by Gasteiger charge is 2.31. The molecular formula is C13H16N2O3S. The van der Waals surface area contributed by atoms with Crippen LogP contribution >= 0.6 is 11.8 Å². The summed E-state index contributed by atoms with van der Waals surface area (Å²) in [5, 5.41) is 1.68. The van der Waals surface area contributed by atoms with Crippen LogP contribution in [0.25, 0.3) is 0 Å². The van der Waals surface area contributed by atoms with E-state index in [4.69, 9.17) is 10.5 Å². The van der Waals surface area contributed by atoms with Crippen molar-refractivity contribution in [1.29, 1.82) is 0 Å². The molecule has 19 heavy (non-hydrogen) atoms. The van der Waals surface area contributed by atoms with E-state index < -0.39 is 0 Å². The zero-order valence-electron chi connectivity index (χ0n) is 10.6. The van der Waals surface area contributed by atoms with Gasteiger partial charge in [-0.15, -0.1) is 0 Å². The number of hydrogen-bond donors (Lipinski definition) is 2. The van der Waals surface area contributed by atoms with Gasteiger partial charge in [0.1, 0.15) is 12.4 Å². The Bertz CT molecular complexity index is 473. The number of thioether (sulfide) groups is 1. The van der Waals surface area contributed by atoms with Gasteiger partial charge >= 0.3 is 0 Å². The molecule has 1 aliphatic heterocycles.